The molecule has 0 radical (unpaired) electrons. The molecule has 5 nitrogen and oxygen atoms in total. The molecule has 1 aliphatic heterocycles. The summed E-state index contributed by atoms with van der Waals surface area (Å²) in [4.78, 5) is 14.6. The molecule has 3 rings (SSSR count). The van der Waals surface area contributed by atoms with Gasteiger partial charge in [-0.15, -0.1) is 0 Å². The third-order valence-corrected chi connectivity index (χ3v) is 4.04. The molecule has 0 bridgehead atoms. The van der Waals surface area contributed by atoms with Gasteiger partial charge in [0.25, 0.3) is 5.91 Å². The summed E-state index contributed by atoms with van der Waals surface area (Å²) < 4.78 is 0. The van der Waals surface area contributed by atoms with Crippen molar-refractivity contribution in [2.45, 2.75) is 18.9 Å². The fraction of sp³-hybridized carbons (Fsp3) is 0.278. The average molecular weight is 312 g/mol. The quantitative estimate of drug-likeness (QED) is 0.814. The SMILES string of the molecule is O=C(N[C@H]1CCCN(c2ccccc2)C1)c1cc(O)cc(O)c1. The van der Waals surface area contributed by atoms with Crippen LogP contribution in [0.2, 0.25) is 0 Å². The highest BCUT2D eigenvalue weighted by Gasteiger charge is 2.22. The van der Waals surface area contributed by atoms with Crippen LogP contribution in [0.15, 0.2) is 48.5 Å². The first-order valence-electron chi connectivity index (χ1n) is 7.76. The third kappa shape index (κ3) is 3.74. The van der Waals surface area contributed by atoms with Crippen molar-refractivity contribution in [3.8, 4) is 11.5 Å². The van der Waals surface area contributed by atoms with E-state index in [-0.39, 0.29) is 29.0 Å². The van der Waals surface area contributed by atoms with E-state index in [2.05, 4.69) is 22.3 Å². The second kappa shape index (κ2) is 6.60. The van der Waals surface area contributed by atoms with Gasteiger partial charge in [-0.1, -0.05) is 18.2 Å². The lowest BCUT2D eigenvalue weighted by Crippen LogP contribution is -2.47. The summed E-state index contributed by atoms with van der Waals surface area (Å²) in [5.41, 5.74) is 1.42. The highest BCUT2D eigenvalue weighted by Crippen LogP contribution is 2.22. The van der Waals surface area contributed by atoms with Gasteiger partial charge in [-0.3, -0.25) is 4.79 Å². The first-order chi connectivity index (χ1) is 11.1. The maximum atomic E-state index is 12.3. The molecule has 1 saturated heterocycles. The monoisotopic (exact) mass is 312 g/mol. The zero-order chi connectivity index (χ0) is 16.2. The molecule has 2 aromatic carbocycles. The standard InChI is InChI=1S/C18H20N2O3/c21-16-9-13(10-17(22)11-16)18(23)19-14-5-4-8-20(12-14)15-6-2-1-3-7-15/h1-3,6-7,9-11,14,21-22H,4-5,8,12H2,(H,19,23)/t14-/m0/s1. The van der Waals surface area contributed by atoms with Crippen molar-refractivity contribution >= 4 is 11.6 Å². The fourth-order valence-electron chi connectivity index (χ4n) is 2.96. The number of hydrogen-bond acceptors (Lipinski definition) is 4. The Hall–Kier alpha value is -2.69. The maximum absolute atomic E-state index is 12.3. The van der Waals surface area contributed by atoms with Crippen molar-refractivity contribution in [2.75, 3.05) is 18.0 Å². The molecule has 0 spiro atoms. The molecule has 0 unspecified atom stereocenters. The number of carbonyl (C=O) groups is 1. The van der Waals surface area contributed by atoms with E-state index in [9.17, 15) is 15.0 Å². The van der Waals surface area contributed by atoms with Gasteiger partial charge in [-0.25, -0.2) is 0 Å². The fourth-order valence-corrected chi connectivity index (χ4v) is 2.96. The lowest BCUT2D eigenvalue weighted by Gasteiger charge is -2.34. The van der Waals surface area contributed by atoms with Crippen LogP contribution in [-0.4, -0.2) is 35.3 Å². The molecule has 1 heterocycles. The van der Waals surface area contributed by atoms with E-state index in [0.29, 0.717) is 0 Å². The number of carbonyl (C=O) groups excluding carboxylic acids is 1. The number of aromatic hydroxyl groups is 2. The molecule has 1 atom stereocenters. The summed E-state index contributed by atoms with van der Waals surface area (Å²) in [6, 6.07) is 14.1. The number of nitrogens with one attached hydrogen (secondary N) is 1. The van der Waals surface area contributed by atoms with E-state index < -0.39 is 0 Å². The van der Waals surface area contributed by atoms with Crippen LogP contribution in [-0.2, 0) is 0 Å². The second-order valence-electron chi connectivity index (χ2n) is 5.83. The third-order valence-electron chi connectivity index (χ3n) is 4.04. The highest BCUT2D eigenvalue weighted by atomic mass is 16.3. The van der Waals surface area contributed by atoms with Gasteiger partial charge in [-0.2, -0.15) is 0 Å². The molecule has 23 heavy (non-hydrogen) atoms. The zero-order valence-corrected chi connectivity index (χ0v) is 12.8. The molecular weight excluding hydrogens is 292 g/mol. The highest BCUT2D eigenvalue weighted by molar-refractivity contribution is 5.95. The predicted molar refractivity (Wildman–Crippen MR) is 88.9 cm³/mol. The number of phenolic OH excluding ortho intramolecular Hbond substituents is 2. The van der Waals surface area contributed by atoms with Gasteiger partial charge in [-0.05, 0) is 37.1 Å². The van der Waals surface area contributed by atoms with Crippen molar-refractivity contribution in [1.82, 2.24) is 5.32 Å². The molecule has 0 aromatic heterocycles. The van der Waals surface area contributed by atoms with Crippen LogP contribution in [0.5, 0.6) is 11.5 Å². The number of amides is 1. The zero-order valence-electron chi connectivity index (χ0n) is 12.8. The first kappa shape index (κ1) is 15.2. The minimum atomic E-state index is -0.281. The Balaban J connectivity index is 1.66. The van der Waals surface area contributed by atoms with Crippen molar-refractivity contribution in [1.29, 1.82) is 0 Å². The molecule has 1 amide bonds. The number of hydrogen-bond donors (Lipinski definition) is 3. The van der Waals surface area contributed by atoms with Crippen LogP contribution < -0.4 is 10.2 Å². The van der Waals surface area contributed by atoms with Gasteiger partial charge in [0, 0.05) is 36.4 Å². The predicted octanol–water partition coefficient (Wildman–Crippen LogP) is 2.50. The molecule has 1 fully saturated rings. The first-order valence-corrected chi connectivity index (χ1v) is 7.76. The Morgan fingerprint density at radius 3 is 2.48 bits per heavy atom. The lowest BCUT2D eigenvalue weighted by molar-refractivity contribution is 0.0932. The summed E-state index contributed by atoms with van der Waals surface area (Å²) in [6.07, 6.45) is 1.92. The molecule has 120 valence electrons. The Labute approximate surface area is 135 Å². The molecule has 1 aliphatic rings. The minimum absolute atomic E-state index is 0.0425. The number of rotatable bonds is 3. The van der Waals surface area contributed by atoms with Crippen LogP contribution >= 0.6 is 0 Å². The summed E-state index contributed by atoms with van der Waals surface area (Å²) in [5.74, 6) is -0.523. The number of nitrogens with zero attached hydrogens (tertiary/aromatic N) is 1. The van der Waals surface area contributed by atoms with Gasteiger partial charge in [0.1, 0.15) is 11.5 Å². The molecule has 5 heteroatoms. The number of phenols is 2. The largest absolute Gasteiger partial charge is 0.508 e. The number of anilines is 1. The van der Waals surface area contributed by atoms with Crippen LogP contribution in [0, 0.1) is 0 Å². The Bertz CT molecular complexity index is 668. The molecule has 2 aromatic rings. The number of piperidine rings is 1. The van der Waals surface area contributed by atoms with E-state index in [1.807, 2.05) is 18.2 Å². The average Bonchev–Trinajstić information content (AvgIpc) is 2.55. The molecule has 0 aliphatic carbocycles. The smallest absolute Gasteiger partial charge is 0.251 e. The Kier molecular flexibility index (Phi) is 4.37. The Morgan fingerprint density at radius 2 is 1.78 bits per heavy atom. The number of benzene rings is 2. The molecule has 3 N–H and O–H groups in total. The van der Waals surface area contributed by atoms with Crippen LogP contribution in [0.25, 0.3) is 0 Å². The van der Waals surface area contributed by atoms with Crippen LogP contribution in [0.3, 0.4) is 0 Å². The van der Waals surface area contributed by atoms with Crippen LogP contribution in [0.4, 0.5) is 5.69 Å². The summed E-state index contributed by atoms with van der Waals surface area (Å²) in [5, 5.41) is 22.0. The van der Waals surface area contributed by atoms with Gasteiger partial charge in [0.2, 0.25) is 0 Å². The van der Waals surface area contributed by atoms with Crippen LogP contribution in [0.1, 0.15) is 23.2 Å². The topological polar surface area (TPSA) is 72.8 Å². The maximum Gasteiger partial charge on any atom is 0.251 e. The van der Waals surface area contributed by atoms with Gasteiger partial charge in [0.15, 0.2) is 0 Å². The summed E-state index contributed by atoms with van der Waals surface area (Å²) >= 11 is 0. The van der Waals surface area contributed by atoms with Crippen molar-refractivity contribution in [2.24, 2.45) is 0 Å². The minimum Gasteiger partial charge on any atom is -0.508 e. The van der Waals surface area contributed by atoms with E-state index in [4.69, 9.17) is 0 Å². The van der Waals surface area contributed by atoms with Gasteiger partial charge >= 0.3 is 0 Å². The van der Waals surface area contributed by atoms with Crippen molar-refractivity contribution in [3.05, 3.63) is 54.1 Å². The van der Waals surface area contributed by atoms with Gasteiger partial charge < -0.3 is 20.4 Å². The van der Waals surface area contributed by atoms with E-state index >= 15 is 0 Å². The Morgan fingerprint density at radius 1 is 1.09 bits per heavy atom. The summed E-state index contributed by atoms with van der Waals surface area (Å²) in [6.45, 7) is 1.73. The van der Waals surface area contributed by atoms with E-state index in [1.54, 1.807) is 0 Å². The van der Waals surface area contributed by atoms with Gasteiger partial charge in [0.05, 0.1) is 0 Å². The molecular formula is C18H20N2O3. The van der Waals surface area contributed by atoms with E-state index in [0.717, 1.165) is 31.6 Å². The van der Waals surface area contributed by atoms with E-state index in [1.165, 1.54) is 18.2 Å². The normalized spacial score (nSPS) is 17.7. The number of para-hydroxylation sites is 1. The van der Waals surface area contributed by atoms with Crippen molar-refractivity contribution < 1.29 is 15.0 Å². The second-order valence-corrected chi connectivity index (χ2v) is 5.83. The van der Waals surface area contributed by atoms with Crippen molar-refractivity contribution in [3.63, 3.8) is 0 Å². The summed E-state index contributed by atoms with van der Waals surface area (Å²) in [7, 11) is 0. The lowest BCUT2D eigenvalue weighted by atomic mass is 10.0. The molecule has 0 saturated carbocycles.